The monoisotopic (exact) mass is 521 g/mol. The fourth-order valence-electron chi connectivity index (χ4n) is 4.91. The first-order chi connectivity index (χ1) is 17.6. The number of carbonyl (C=O) groups excluding carboxylic acids is 2. The second kappa shape index (κ2) is 10.9. The number of sulfonamides is 1. The van der Waals surface area contributed by atoms with Crippen molar-refractivity contribution in [3.05, 3.63) is 71.8 Å². The number of hydrogen-bond acceptors (Lipinski definition) is 4. The third-order valence-corrected chi connectivity index (χ3v) is 8.58. The van der Waals surface area contributed by atoms with Crippen molar-refractivity contribution >= 4 is 38.3 Å². The molecule has 0 saturated heterocycles. The molecule has 37 heavy (non-hydrogen) atoms. The average molecular weight is 522 g/mol. The molecule has 1 heterocycles. The summed E-state index contributed by atoms with van der Waals surface area (Å²) in [6, 6.07) is 18.1. The Labute approximate surface area is 219 Å². The van der Waals surface area contributed by atoms with Gasteiger partial charge in [0.15, 0.2) is 0 Å². The molecule has 1 aliphatic heterocycles. The largest absolute Gasteiger partial charge is 0.352 e. The van der Waals surface area contributed by atoms with Gasteiger partial charge in [0.2, 0.25) is 11.8 Å². The van der Waals surface area contributed by atoms with E-state index in [9.17, 15) is 18.0 Å². The zero-order valence-corrected chi connectivity index (χ0v) is 22.7. The van der Waals surface area contributed by atoms with E-state index in [2.05, 4.69) is 5.32 Å². The average Bonchev–Trinajstić information content (AvgIpc) is 3.07. The third kappa shape index (κ3) is 5.49. The van der Waals surface area contributed by atoms with Crippen molar-refractivity contribution in [1.29, 1.82) is 0 Å². The Morgan fingerprint density at radius 3 is 2.32 bits per heavy atom. The van der Waals surface area contributed by atoms with Gasteiger partial charge in [0.05, 0.1) is 10.6 Å². The lowest BCUT2D eigenvalue weighted by Crippen LogP contribution is -2.50. The number of rotatable bonds is 10. The van der Waals surface area contributed by atoms with Gasteiger partial charge in [0.1, 0.15) is 6.04 Å². The smallest absolute Gasteiger partial charge is 0.265 e. The van der Waals surface area contributed by atoms with Crippen molar-refractivity contribution in [2.45, 2.75) is 70.5 Å². The van der Waals surface area contributed by atoms with Crippen molar-refractivity contribution in [3.63, 3.8) is 0 Å². The molecule has 0 aliphatic carbocycles. The van der Waals surface area contributed by atoms with Gasteiger partial charge in [-0.3, -0.25) is 13.9 Å². The minimum atomic E-state index is -3.67. The van der Waals surface area contributed by atoms with Crippen molar-refractivity contribution in [1.82, 2.24) is 10.2 Å². The van der Waals surface area contributed by atoms with Crippen LogP contribution in [0.5, 0.6) is 0 Å². The Bertz CT molecular complexity index is 1400. The summed E-state index contributed by atoms with van der Waals surface area (Å²) >= 11 is 0. The Balaban J connectivity index is 1.52. The van der Waals surface area contributed by atoms with Crippen LogP contribution in [0.1, 0.15) is 51.2 Å². The van der Waals surface area contributed by atoms with Crippen LogP contribution in [0.3, 0.4) is 0 Å². The zero-order chi connectivity index (χ0) is 26.7. The van der Waals surface area contributed by atoms with Crippen molar-refractivity contribution in [3.8, 4) is 0 Å². The van der Waals surface area contributed by atoms with Crippen molar-refractivity contribution in [2.75, 3.05) is 10.8 Å². The predicted octanol–water partition coefficient (Wildman–Crippen LogP) is 4.77. The molecule has 4 rings (SSSR count). The molecule has 2 amide bonds. The standard InChI is InChI=1S/C29H35N3O4S/c1-5-24(29(34)30-20(2)3)31(19-22-16-14-21(4)15-17-22)27(33)13-8-18-32-25-11-6-9-23-10-7-12-26(28(23)25)37(32,35)36/h6-7,9-12,14-17,20,24H,5,8,13,18-19H2,1-4H3,(H,30,34)/t24-/m1/s1. The Morgan fingerprint density at radius 2 is 1.68 bits per heavy atom. The number of amides is 2. The molecule has 0 aromatic heterocycles. The maximum Gasteiger partial charge on any atom is 0.265 e. The van der Waals surface area contributed by atoms with E-state index in [-0.39, 0.29) is 30.8 Å². The van der Waals surface area contributed by atoms with E-state index in [0.717, 1.165) is 21.9 Å². The molecule has 1 aliphatic rings. The van der Waals surface area contributed by atoms with E-state index >= 15 is 0 Å². The molecule has 7 nitrogen and oxygen atoms in total. The van der Waals surface area contributed by atoms with Gasteiger partial charge in [-0.25, -0.2) is 8.42 Å². The van der Waals surface area contributed by atoms with Crippen LogP contribution in [0.4, 0.5) is 5.69 Å². The third-order valence-electron chi connectivity index (χ3n) is 6.72. The summed E-state index contributed by atoms with van der Waals surface area (Å²) in [5.41, 5.74) is 2.72. The maximum absolute atomic E-state index is 13.5. The van der Waals surface area contributed by atoms with E-state index in [1.54, 1.807) is 17.0 Å². The fourth-order valence-corrected chi connectivity index (χ4v) is 6.66. The number of anilines is 1. The number of benzene rings is 3. The highest BCUT2D eigenvalue weighted by Gasteiger charge is 2.35. The second-order valence-corrected chi connectivity index (χ2v) is 11.7. The van der Waals surface area contributed by atoms with E-state index in [0.29, 0.717) is 30.0 Å². The minimum absolute atomic E-state index is 0.0393. The summed E-state index contributed by atoms with van der Waals surface area (Å²) < 4.78 is 27.9. The normalized spacial score (nSPS) is 14.7. The first-order valence-electron chi connectivity index (χ1n) is 12.8. The van der Waals surface area contributed by atoms with Gasteiger partial charge in [-0.2, -0.15) is 0 Å². The van der Waals surface area contributed by atoms with Crippen LogP contribution in [-0.2, 0) is 26.2 Å². The molecule has 0 unspecified atom stereocenters. The number of carbonyl (C=O) groups is 2. The first kappa shape index (κ1) is 26.7. The topological polar surface area (TPSA) is 86.8 Å². The van der Waals surface area contributed by atoms with E-state index in [4.69, 9.17) is 0 Å². The number of hydrogen-bond donors (Lipinski definition) is 1. The summed E-state index contributed by atoms with van der Waals surface area (Å²) in [5.74, 6) is -0.346. The van der Waals surface area contributed by atoms with Crippen LogP contribution in [0.25, 0.3) is 10.8 Å². The lowest BCUT2D eigenvalue weighted by atomic mass is 10.1. The molecule has 3 aromatic rings. The molecule has 0 spiro atoms. The molecular formula is C29H35N3O4S. The van der Waals surface area contributed by atoms with Gasteiger partial charge in [0.25, 0.3) is 10.0 Å². The van der Waals surface area contributed by atoms with Gasteiger partial charge in [-0.05, 0) is 56.7 Å². The summed E-state index contributed by atoms with van der Waals surface area (Å²) in [6.07, 6.45) is 0.957. The summed E-state index contributed by atoms with van der Waals surface area (Å²) in [7, 11) is -3.67. The molecule has 3 aromatic carbocycles. The van der Waals surface area contributed by atoms with Crippen LogP contribution in [0.15, 0.2) is 65.6 Å². The first-order valence-corrected chi connectivity index (χ1v) is 14.3. The number of aryl methyl sites for hydroxylation is 1. The Hall–Kier alpha value is -3.39. The second-order valence-electron chi connectivity index (χ2n) is 9.91. The summed E-state index contributed by atoms with van der Waals surface area (Å²) in [5, 5.41) is 4.55. The molecular weight excluding hydrogens is 486 g/mol. The molecule has 1 atom stereocenters. The number of nitrogens with one attached hydrogen (secondary N) is 1. The molecule has 196 valence electrons. The van der Waals surface area contributed by atoms with Gasteiger partial charge in [0, 0.05) is 30.9 Å². The number of nitrogens with zero attached hydrogens (tertiary/aromatic N) is 2. The van der Waals surface area contributed by atoms with Crippen LogP contribution in [-0.4, -0.2) is 43.8 Å². The van der Waals surface area contributed by atoms with Crippen LogP contribution in [0.2, 0.25) is 0 Å². The summed E-state index contributed by atoms with van der Waals surface area (Å²) in [6.45, 7) is 8.19. The quantitative estimate of drug-likeness (QED) is 0.416. The van der Waals surface area contributed by atoms with E-state index < -0.39 is 16.1 Å². The molecule has 0 saturated carbocycles. The lowest BCUT2D eigenvalue weighted by molar-refractivity contribution is -0.141. The minimum Gasteiger partial charge on any atom is -0.352 e. The highest BCUT2D eigenvalue weighted by atomic mass is 32.2. The molecule has 8 heteroatoms. The molecule has 0 bridgehead atoms. The molecule has 0 radical (unpaired) electrons. The summed E-state index contributed by atoms with van der Waals surface area (Å²) in [4.78, 5) is 28.5. The zero-order valence-electron chi connectivity index (χ0n) is 21.9. The van der Waals surface area contributed by atoms with Gasteiger partial charge in [-0.1, -0.05) is 61.0 Å². The van der Waals surface area contributed by atoms with Gasteiger partial charge < -0.3 is 10.2 Å². The fraction of sp³-hybridized carbons (Fsp3) is 0.379. The van der Waals surface area contributed by atoms with Crippen molar-refractivity contribution in [2.24, 2.45) is 0 Å². The van der Waals surface area contributed by atoms with E-state index in [1.807, 2.05) is 76.2 Å². The van der Waals surface area contributed by atoms with Crippen LogP contribution in [0, 0.1) is 6.92 Å². The SMILES string of the molecule is CC[C@H](C(=O)NC(C)C)N(Cc1ccc(C)cc1)C(=O)CCCN1c2cccc3cccc(c23)S1(=O)=O. The molecule has 0 fully saturated rings. The van der Waals surface area contributed by atoms with E-state index in [1.165, 1.54) is 4.31 Å². The van der Waals surface area contributed by atoms with Crippen molar-refractivity contribution < 1.29 is 18.0 Å². The maximum atomic E-state index is 13.5. The lowest BCUT2D eigenvalue weighted by Gasteiger charge is -2.31. The van der Waals surface area contributed by atoms with Gasteiger partial charge >= 0.3 is 0 Å². The Morgan fingerprint density at radius 1 is 1.00 bits per heavy atom. The highest BCUT2D eigenvalue weighted by Crippen LogP contribution is 2.42. The van der Waals surface area contributed by atoms with Crippen LogP contribution >= 0.6 is 0 Å². The van der Waals surface area contributed by atoms with Gasteiger partial charge in [-0.15, -0.1) is 0 Å². The predicted molar refractivity (Wildman–Crippen MR) is 147 cm³/mol. The Kier molecular flexibility index (Phi) is 7.87. The van der Waals surface area contributed by atoms with Crippen LogP contribution < -0.4 is 9.62 Å². The molecule has 1 N–H and O–H groups in total. The highest BCUT2D eigenvalue weighted by molar-refractivity contribution is 7.93.